The fraction of sp³-hybridized carbons (Fsp3) is 0.269. The van der Waals surface area contributed by atoms with E-state index in [1.807, 2.05) is 53.2 Å². The molecule has 2 aromatic heterocycles. The van der Waals surface area contributed by atoms with E-state index in [9.17, 15) is 9.90 Å². The van der Waals surface area contributed by atoms with Gasteiger partial charge in [0, 0.05) is 35.5 Å². The number of phenolic OH excluding ortho intramolecular Hbond substituents is 1. The number of aromatic nitrogens is 3. The molecule has 0 atom stereocenters. The molecule has 5 rings (SSSR count). The maximum absolute atomic E-state index is 12.3. The van der Waals surface area contributed by atoms with Gasteiger partial charge in [-0.25, -0.2) is 9.97 Å². The van der Waals surface area contributed by atoms with Crippen molar-refractivity contribution in [2.75, 3.05) is 11.9 Å². The fourth-order valence-electron chi connectivity index (χ4n) is 3.73. The van der Waals surface area contributed by atoms with E-state index in [1.165, 1.54) is 0 Å². The Morgan fingerprint density at radius 1 is 1.15 bits per heavy atom. The van der Waals surface area contributed by atoms with Crippen molar-refractivity contribution in [2.24, 2.45) is 5.92 Å². The number of imidazole rings is 1. The largest absolute Gasteiger partial charge is 0.507 e. The van der Waals surface area contributed by atoms with E-state index in [-0.39, 0.29) is 11.7 Å². The van der Waals surface area contributed by atoms with Crippen LogP contribution in [0.1, 0.15) is 37.0 Å². The van der Waals surface area contributed by atoms with Crippen LogP contribution < -0.4 is 10.6 Å². The second-order valence-corrected chi connectivity index (χ2v) is 8.93. The minimum absolute atomic E-state index is 0.0339. The lowest BCUT2D eigenvalue weighted by Gasteiger charge is -2.13. The van der Waals surface area contributed by atoms with Gasteiger partial charge in [0.25, 0.3) is 5.91 Å². The first kappa shape index (κ1) is 21.0. The summed E-state index contributed by atoms with van der Waals surface area (Å²) in [6.07, 6.45) is 5.82. The van der Waals surface area contributed by atoms with Crippen molar-refractivity contribution in [3.63, 3.8) is 0 Å². The quantitative estimate of drug-likeness (QED) is 0.386. The molecule has 1 aliphatic rings. The summed E-state index contributed by atoms with van der Waals surface area (Å²) in [6, 6.07) is 15.1. The molecule has 0 bridgehead atoms. The van der Waals surface area contributed by atoms with Crippen molar-refractivity contribution in [1.29, 1.82) is 0 Å². The minimum Gasteiger partial charge on any atom is -0.507 e. The van der Waals surface area contributed by atoms with Gasteiger partial charge >= 0.3 is 0 Å². The van der Waals surface area contributed by atoms with Crippen molar-refractivity contribution in [1.82, 2.24) is 19.7 Å². The SMILES string of the molecule is CC(C)CNc1nc(-c2ccccc2O)cn2c(-c3ccc(C(=O)NC4CC4)cc3)cnc12. The number of carbonyl (C=O) groups is 1. The molecule has 2 aromatic carbocycles. The van der Waals surface area contributed by atoms with Crippen LogP contribution >= 0.6 is 0 Å². The molecule has 168 valence electrons. The van der Waals surface area contributed by atoms with E-state index >= 15 is 0 Å². The van der Waals surface area contributed by atoms with Gasteiger partial charge in [-0.05, 0) is 43.0 Å². The first-order valence-corrected chi connectivity index (χ1v) is 11.3. The second kappa shape index (κ2) is 8.58. The first-order chi connectivity index (χ1) is 16.0. The highest BCUT2D eigenvalue weighted by Gasteiger charge is 2.24. The highest BCUT2D eigenvalue weighted by Crippen LogP contribution is 2.32. The van der Waals surface area contributed by atoms with Gasteiger partial charge in [0.1, 0.15) is 5.75 Å². The number of nitrogens with one attached hydrogen (secondary N) is 2. The molecule has 0 unspecified atom stereocenters. The molecular formula is C26H27N5O2. The number of hydrogen-bond donors (Lipinski definition) is 3. The fourth-order valence-corrected chi connectivity index (χ4v) is 3.73. The molecule has 0 saturated heterocycles. The van der Waals surface area contributed by atoms with Crippen LogP contribution in [0.3, 0.4) is 0 Å². The summed E-state index contributed by atoms with van der Waals surface area (Å²) >= 11 is 0. The van der Waals surface area contributed by atoms with Crippen molar-refractivity contribution >= 4 is 17.4 Å². The molecule has 0 aliphatic heterocycles. The molecule has 1 aliphatic carbocycles. The summed E-state index contributed by atoms with van der Waals surface area (Å²) in [5.74, 6) is 1.24. The van der Waals surface area contributed by atoms with Crippen LogP contribution in [0.4, 0.5) is 5.82 Å². The van der Waals surface area contributed by atoms with E-state index in [2.05, 4.69) is 29.5 Å². The molecule has 1 fully saturated rings. The molecule has 0 spiro atoms. The Hall–Kier alpha value is -3.87. The topological polar surface area (TPSA) is 91.5 Å². The van der Waals surface area contributed by atoms with Crippen LogP contribution in [-0.2, 0) is 0 Å². The summed E-state index contributed by atoms with van der Waals surface area (Å²) in [5, 5.41) is 16.8. The maximum Gasteiger partial charge on any atom is 0.251 e. The van der Waals surface area contributed by atoms with E-state index in [0.717, 1.165) is 30.6 Å². The summed E-state index contributed by atoms with van der Waals surface area (Å²) in [4.78, 5) is 21.7. The average molecular weight is 442 g/mol. The summed E-state index contributed by atoms with van der Waals surface area (Å²) in [7, 11) is 0. The Labute approximate surface area is 192 Å². The predicted octanol–water partition coefficient (Wildman–Crippen LogP) is 4.73. The number of phenols is 1. The van der Waals surface area contributed by atoms with Crippen LogP contribution in [0, 0.1) is 5.92 Å². The van der Waals surface area contributed by atoms with Gasteiger partial charge in [0.15, 0.2) is 11.5 Å². The first-order valence-electron chi connectivity index (χ1n) is 11.3. The third-order valence-corrected chi connectivity index (χ3v) is 5.71. The molecule has 4 aromatic rings. The van der Waals surface area contributed by atoms with Crippen LogP contribution in [0.2, 0.25) is 0 Å². The Morgan fingerprint density at radius 3 is 2.61 bits per heavy atom. The number of aromatic hydroxyl groups is 1. The van der Waals surface area contributed by atoms with Gasteiger partial charge in [-0.2, -0.15) is 0 Å². The van der Waals surface area contributed by atoms with Gasteiger partial charge in [-0.3, -0.25) is 9.20 Å². The zero-order valence-corrected chi connectivity index (χ0v) is 18.7. The molecule has 0 radical (unpaired) electrons. The molecule has 7 heteroatoms. The number of hydrogen-bond acceptors (Lipinski definition) is 5. The maximum atomic E-state index is 12.3. The van der Waals surface area contributed by atoms with Gasteiger partial charge in [-0.15, -0.1) is 0 Å². The Morgan fingerprint density at radius 2 is 1.91 bits per heavy atom. The van der Waals surface area contributed by atoms with Crippen LogP contribution in [0.5, 0.6) is 5.75 Å². The van der Waals surface area contributed by atoms with Crippen LogP contribution in [-0.4, -0.2) is 38.0 Å². The number of anilines is 1. The molecule has 2 heterocycles. The minimum atomic E-state index is -0.0339. The summed E-state index contributed by atoms with van der Waals surface area (Å²) in [5.41, 5.74) is 4.47. The lowest BCUT2D eigenvalue weighted by atomic mass is 10.1. The van der Waals surface area contributed by atoms with Crippen molar-refractivity contribution in [3.8, 4) is 28.3 Å². The highest BCUT2D eigenvalue weighted by molar-refractivity contribution is 5.95. The normalized spacial score (nSPS) is 13.4. The third-order valence-electron chi connectivity index (χ3n) is 5.71. The number of nitrogens with zero attached hydrogens (tertiary/aromatic N) is 3. The monoisotopic (exact) mass is 441 g/mol. The van der Waals surface area contributed by atoms with Gasteiger partial charge in [0.2, 0.25) is 0 Å². The molecule has 7 nitrogen and oxygen atoms in total. The average Bonchev–Trinajstić information content (AvgIpc) is 3.53. The van der Waals surface area contributed by atoms with E-state index in [1.54, 1.807) is 12.1 Å². The second-order valence-electron chi connectivity index (χ2n) is 8.93. The molecule has 33 heavy (non-hydrogen) atoms. The number of para-hydroxylation sites is 1. The number of amides is 1. The van der Waals surface area contributed by atoms with E-state index < -0.39 is 0 Å². The summed E-state index contributed by atoms with van der Waals surface area (Å²) < 4.78 is 1.98. The molecule has 3 N–H and O–H groups in total. The third kappa shape index (κ3) is 4.39. The summed E-state index contributed by atoms with van der Waals surface area (Å²) in [6.45, 7) is 5.02. The standard InChI is InChI=1S/C26H27N5O2/c1-16(2)13-27-24-25-28-14-22(17-7-9-18(10-8-17)26(33)29-19-11-12-19)31(25)15-21(30-24)20-5-3-4-6-23(20)32/h3-10,14-16,19,32H,11-13H2,1-2H3,(H,27,30)(H,29,33). The van der Waals surface area contributed by atoms with E-state index in [0.29, 0.717) is 40.2 Å². The van der Waals surface area contributed by atoms with Crippen LogP contribution in [0.15, 0.2) is 60.9 Å². The van der Waals surface area contributed by atoms with Crippen molar-refractivity contribution < 1.29 is 9.90 Å². The lowest BCUT2D eigenvalue weighted by molar-refractivity contribution is 0.0951. The van der Waals surface area contributed by atoms with E-state index in [4.69, 9.17) is 4.98 Å². The Balaban J connectivity index is 1.56. The number of benzene rings is 2. The van der Waals surface area contributed by atoms with Crippen molar-refractivity contribution in [2.45, 2.75) is 32.7 Å². The van der Waals surface area contributed by atoms with Crippen LogP contribution in [0.25, 0.3) is 28.2 Å². The van der Waals surface area contributed by atoms with Gasteiger partial charge in [-0.1, -0.05) is 38.1 Å². The van der Waals surface area contributed by atoms with Gasteiger partial charge in [0.05, 0.1) is 17.6 Å². The molecular weight excluding hydrogens is 414 g/mol. The Bertz CT molecular complexity index is 1310. The zero-order chi connectivity index (χ0) is 22.9. The smallest absolute Gasteiger partial charge is 0.251 e. The highest BCUT2D eigenvalue weighted by atomic mass is 16.3. The lowest BCUT2D eigenvalue weighted by Crippen LogP contribution is -2.25. The Kier molecular flexibility index (Phi) is 5.46. The number of carbonyl (C=O) groups excluding carboxylic acids is 1. The van der Waals surface area contributed by atoms with Crippen molar-refractivity contribution in [3.05, 3.63) is 66.5 Å². The number of fused-ring (bicyclic) bond motifs is 1. The number of rotatable bonds is 7. The molecule has 1 amide bonds. The zero-order valence-electron chi connectivity index (χ0n) is 18.7. The molecule has 1 saturated carbocycles. The van der Waals surface area contributed by atoms with Gasteiger partial charge < -0.3 is 15.7 Å². The predicted molar refractivity (Wildman–Crippen MR) is 129 cm³/mol.